The molecule has 0 unspecified atom stereocenters. The van der Waals surface area contributed by atoms with Crippen LogP contribution in [-0.2, 0) is 0 Å². The van der Waals surface area contributed by atoms with Crippen LogP contribution in [0.1, 0.15) is 36.1 Å². The molecule has 0 fully saturated rings. The van der Waals surface area contributed by atoms with Gasteiger partial charge in [-0.1, -0.05) is 19.0 Å². The summed E-state index contributed by atoms with van der Waals surface area (Å²) >= 11 is 0. The first-order chi connectivity index (χ1) is 10.5. The largest absolute Gasteiger partial charge is 0.476 e. The zero-order chi connectivity index (χ0) is 15.7. The summed E-state index contributed by atoms with van der Waals surface area (Å²) in [6.07, 6.45) is 4.37. The number of carbonyl (C=O) groups is 1. The van der Waals surface area contributed by atoms with Crippen LogP contribution >= 0.6 is 0 Å². The molecule has 3 rings (SSSR count). The SMILES string of the molecule is CC(C)c1noc(-c2ccnc(-n3cnc(C(=O)O)c3)c2)n1. The first-order valence-electron chi connectivity index (χ1n) is 6.62. The Labute approximate surface area is 125 Å². The van der Waals surface area contributed by atoms with Gasteiger partial charge in [-0.05, 0) is 12.1 Å². The summed E-state index contributed by atoms with van der Waals surface area (Å²) < 4.78 is 6.76. The minimum absolute atomic E-state index is 0.0490. The lowest BCUT2D eigenvalue weighted by atomic mass is 10.2. The number of hydrogen-bond acceptors (Lipinski definition) is 6. The zero-order valence-corrected chi connectivity index (χ0v) is 12.0. The van der Waals surface area contributed by atoms with Gasteiger partial charge in [0.2, 0.25) is 0 Å². The molecule has 0 amide bonds. The number of aromatic carboxylic acids is 1. The molecular weight excluding hydrogens is 286 g/mol. The normalized spacial score (nSPS) is 11.0. The number of nitrogens with zero attached hydrogens (tertiary/aromatic N) is 5. The number of carboxylic acid groups (broad SMARTS) is 1. The van der Waals surface area contributed by atoms with Crippen LogP contribution in [0.4, 0.5) is 0 Å². The van der Waals surface area contributed by atoms with E-state index in [0.29, 0.717) is 23.1 Å². The molecule has 0 aromatic carbocycles. The summed E-state index contributed by atoms with van der Waals surface area (Å²) in [7, 11) is 0. The fourth-order valence-corrected chi connectivity index (χ4v) is 1.84. The molecule has 0 bridgehead atoms. The topological polar surface area (TPSA) is 107 Å². The lowest BCUT2D eigenvalue weighted by Gasteiger charge is -2.01. The Morgan fingerprint density at radius 1 is 1.36 bits per heavy atom. The van der Waals surface area contributed by atoms with E-state index in [-0.39, 0.29) is 11.6 Å². The average Bonchev–Trinajstić information content (AvgIpc) is 3.17. The average molecular weight is 299 g/mol. The monoisotopic (exact) mass is 299 g/mol. The molecule has 112 valence electrons. The van der Waals surface area contributed by atoms with Crippen molar-refractivity contribution in [2.45, 2.75) is 19.8 Å². The number of pyridine rings is 1. The molecule has 8 nitrogen and oxygen atoms in total. The van der Waals surface area contributed by atoms with Crippen molar-refractivity contribution >= 4 is 5.97 Å². The third-order valence-electron chi connectivity index (χ3n) is 3.02. The summed E-state index contributed by atoms with van der Waals surface area (Å²) in [5, 5.41) is 12.8. The van der Waals surface area contributed by atoms with Crippen LogP contribution in [0, 0.1) is 0 Å². The lowest BCUT2D eigenvalue weighted by Crippen LogP contribution is -1.97. The summed E-state index contributed by atoms with van der Waals surface area (Å²) in [5.74, 6) is 0.621. The van der Waals surface area contributed by atoms with Crippen LogP contribution in [0.2, 0.25) is 0 Å². The van der Waals surface area contributed by atoms with Crippen molar-refractivity contribution in [3.63, 3.8) is 0 Å². The number of rotatable bonds is 4. The van der Waals surface area contributed by atoms with Gasteiger partial charge in [0, 0.05) is 23.9 Å². The fourth-order valence-electron chi connectivity index (χ4n) is 1.84. The predicted octanol–water partition coefficient (Wildman–Crippen LogP) is 2.14. The number of carboxylic acids is 1. The van der Waals surface area contributed by atoms with E-state index in [1.165, 1.54) is 17.1 Å². The minimum atomic E-state index is -1.09. The molecule has 3 heterocycles. The minimum Gasteiger partial charge on any atom is -0.476 e. The van der Waals surface area contributed by atoms with Crippen molar-refractivity contribution in [1.82, 2.24) is 24.7 Å². The summed E-state index contributed by atoms with van der Waals surface area (Å²) in [6.45, 7) is 3.96. The molecule has 1 N–H and O–H groups in total. The van der Waals surface area contributed by atoms with Gasteiger partial charge >= 0.3 is 5.97 Å². The third kappa shape index (κ3) is 2.58. The van der Waals surface area contributed by atoms with Gasteiger partial charge in [-0.15, -0.1) is 0 Å². The molecular formula is C14H13N5O3. The molecule has 3 aromatic heterocycles. The van der Waals surface area contributed by atoms with Crippen LogP contribution in [0.5, 0.6) is 0 Å². The Morgan fingerprint density at radius 3 is 2.82 bits per heavy atom. The number of imidazole rings is 1. The molecule has 0 aliphatic rings. The second-order valence-electron chi connectivity index (χ2n) is 4.99. The Balaban J connectivity index is 1.96. The molecule has 0 saturated heterocycles. The van der Waals surface area contributed by atoms with E-state index in [4.69, 9.17) is 9.63 Å². The van der Waals surface area contributed by atoms with E-state index in [1.807, 2.05) is 13.8 Å². The van der Waals surface area contributed by atoms with Gasteiger partial charge < -0.3 is 9.63 Å². The Kier molecular flexibility index (Phi) is 3.42. The fraction of sp³-hybridized carbons (Fsp3) is 0.214. The first kappa shape index (κ1) is 13.9. The Morgan fingerprint density at radius 2 is 2.18 bits per heavy atom. The maximum absolute atomic E-state index is 10.9. The standard InChI is InChI=1S/C14H13N5O3/c1-8(2)12-17-13(22-18-12)9-3-4-15-11(5-9)19-6-10(14(20)21)16-7-19/h3-8H,1-2H3,(H,20,21). The van der Waals surface area contributed by atoms with Crippen molar-refractivity contribution < 1.29 is 14.4 Å². The maximum atomic E-state index is 10.9. The van der Waals surface area contributed by atoms with E-state index >= 15 is 0 Å². The van der Waals surface area contributed by atoms with Crippen molar-refractivity contribution in [2.24, 2.45) is 0 Å². The molecule has 0 atom stereocenters. The van der Waals surface area contributed by atoms with Crippen molar-refractivity contribution in [3.8, 4) is 17.3 Å². The highest BCUT2D eigenvalue weighted by Crippen LogP contribution is 2.21. The maximum Gasteiger partial charge on any atom is 0.356 e. The van der Waals surface area contributed by atoms with Crippen molar-refractivity contribution in [1.29, 1.82) is 0 Å². The van der Waals surface area contributed by atoms with Crippen LogP contribution in [0.3, 0.4) is 0 Å². The quantitative estimate of drug-likeness (QED) is 0.786. The van der Waals surface area contributed by atoms with Crippen molar-refractivity contribution in [2.75, 3.05) is 0 Å². The third-order valence-corrected chi connectivity index (χ3v) is 3.02. The first-order valence-corrected chi connectivity index (χ1v) is 6.62. The molecule has 0 spiro atoms. The smallest absolute Gasteiger partial charge is 0.356 e. The summed E-state index contributed by atoms with van der Waals surface area (Å²) in [6, 6.07) is 3.47. The van der Waals surface area contributed by atoms with Gasteiger partial charge in [0.05, 0.1) is 0 Å². The van der Waals surface area contributed by atoms with Crippen LogP contribution in [0.25, 0.3) is 17.3 Å². The van der Waals surface area contributed by atoms with E-state index < -0.39 is 5.97 Å². The number of aromatic nitrogens is 5. The molecule has 0 radical (unpaired) electrons. The molecule has 3 aromatic rings. The summed E-state index contributed by atoms with van der Waals surface area (Å²) in [5.41, 5.74) is 0.655. The van der Waals surface area contributed by atoms with E-state index in [2.05, 4.69) is 20.1 Å². The zero-order valence-electron chi connectivity index (χ0n) is 12.0. The Bertz CT molecular complexity index is 821. The van der Waals surface area contributed by atoms with Gasteiger partial charge in [-0.3, -0.25) is 4.57 Å². The van der Waals surface area contributed by atoms with E-state index in [0.717, 1.165) is 0 Å². The number of hydrogen-bond donors (Lipinski definition) is 1. The van der Waals surface area contributed by atoms with Gasteiger partial charge in [-0.2, -0.15) is 4.98 Å². The van der Waals surface area contributed by atoms with Crippen LogP contribution in [-0.4, -0.2) is 35.8 Å². The summed E-state index contributed by atoms with van der Waals surface area (Å²) in [4.78, 5) is 23.2. The second-order valence-corrected chi connectivity index (χ2v) is 4.99. The van der Waals surface area contributed by atoms with Gasteiger partial charge in [-0.25, -0.2) is 14.8 Å². The highest BCUT2D eigenvalue weighted by atomic mass is 16.5. The lowest BCUT2D eigenvalue weighted by molar-refractivity contribution is 0.0691. The molecule has 0 aliphatic heterocycles. The van der Waals surface area contributed by atoms with Crippen LogP contribution in [0.15, 0.2) is 35.4 Å². The van der Waals surface area contributed by atoms with Gasteiger partial charge in [0.15, 0.2) is 11.5 Å². The predicted molar refractivity (Wildman–Crippen MR) is 75.7 cm³/mol. The van der Waals surface area contributed by atoms with Gasteiger partial charge in [0.25, 0.3) is 5.89 Å². The van der Waals surface area contributed by atoms with Crippen LogP contribution < -0.4 is 0 Å². The highest BCUT2D eigenvalue weighted by Gasteiger charge is 2.13. The van der Waals surface area contributed by atoms with Gasteiger partial charge in [0.1, 0.15) is 12.1 Å². The van der Waals surface area contributed by atoms with E-state index in [9.17, 15) is 4.79 Å². The van der Waals surface area contributed by atoms with E-state index in [1.54, 1.807) is 18.3 Å². The Hall–Kier alpha value is -3.03. The molecule has 0 saturated carbocycles. The highest BCUT2D eigenvalue weighted by molar-refractivity contribution is 5.85. The second kappa shape index (κ2) is 5.40. The van der Waals surface area contributed by atoms with Crippen molar-refractivity contribution in [3.05, 3.63) is 42.4 Å². The molecule has 0 aliphatic carbocycles. The molecule has 22 heavy (non-hydrogen) atoms. The molecule has 8 heteroatoms.